The van der Waals surface area contributed by atoms with Crippen LogP contribution >= 0.6 is 0 Å². The van der Waals surface area contributed by atoms with Gasteiger partial charge in [0, 0.05) is 0 Å². The monoisotopic (exact) mass is 423 g/mol. The van der Waals surface area contributed by atoms with E-state index in [9.17, 15) is 22.8 Å². The third-order valence-electron chi connectivity index (χ3n) is 4.17. The van der Waals surface area contributed by atoms with Crippen molar-refractivity contribution in [1.82, 2.24) is 0 Å². The van der Waals surface area contributed by atoms with Crippen LogP contribution in [0.3, 0.4) is 0 Å². The maximum Gasteiger partial charge on any atom is 0.418 e. The maximum atomic E-state index is 12.9. The lowest BCUT2D eigenvalue weighted by molar-refractivity contribution is -0.147. The van der Waals surface area contributed by atoms with Gasteiger partial charge in [0.1, 0.15) is 5.75 Å². The van der Waals surface area contributed by atoms with E-state index >= 15 is 0 Å². The Hall–Kier alpha value is -3.03. The average Bonchev–Trinajstić information content (AvgIpc) is 2.66. The smallest absolute Gasteiger partial charge is 0.418 e. The summed E-state index contributed by atoms with van der Waals surface area (Å²) in [5, 5.41) is 2.10. The van der Waals surface area contributed by atoms with Gasteiger partial charge in [-0.2, -0.15) is 13.2 Å². The Labute approximate surface area is 173 Å². The van der Waals surface area contributed by atoms with Gasteiger partial charge in [-0.15, -0.1) is 0 Å². The number of amides is 1. The summed E-state index contributed by atoms with van der Waals surface area (Å²) in [6, 6.07) is 12.0. The summed E-state index contributed by atoms with van der Waals surface area (Å²) in [6.07, 6.45) is -4.71. The summed E-state index contributed by atoms with van der Waals surface area (Å²) in [6.45, 7) is 5.64. The van der Waals surface area contributed by atoms with Crippen molar-refractivity contribution in [2.75, 3.05) is 18.5 Å². The Bertz CT molecular complexity index is 871. The fourth-order valence-electron chi connectivity index (χ4n) is 2.55. The Kier molecular flexibility index (Phi) is 7.48. The minimum Gasteiger partial charge on any atom is -0.493 e. The molecule has 30 heavy (non-hydrogen) atoms. The molecule has 0 saturated carbocycles. The number of hydrogen-bond donors (Lipinski definition) is 1. The van der Waals surface area contributed by atoms with Gasteiger partial charge in [0.05, 0.1) is 24.3 Å². The van der Waals surface area contributed by atoms with E-state index in [-0.39, 0.29) is 18.4 Å². The van der Waals surface area contributed by atoms with Gasteiger partial charge in [-0.1, -0.05) is 45.0 Å². The molecule has 0 aromatic heterocycles. The van der Waals surface area contributed by atoms with E-state index in [4.69, 9.17) is 9.47 Å². The van der Waals surface area contributed by atoms with Crippen molar-refractivity contribution in [3.8, 4) is 5.75 Å². The molecule has 162 valence electrons. The molecule has 0 heterocycles. The molecule has 0 aliphatic carbocycles. The molecule has 0 aliphatic heterocycles. The first-order valence-corrected chi connectivity index (χ1v) is 9.32. The number of halogens is 3. The fraction of sp³-hybridized carbons (Fsp3) is 0.364. The van der Waals surface area contributed by atoms with Crippen LogP contribution in [0.1, 0.15) is 38.3 Å². The number of rotatable bonds is 7. The first kappa shape index (κ1) is 23.3. The minimum atomic E-state index is -4.61. The maximum absolute atomic E-state index is 12.9. The number of alkyl halides is 3. The van der Waals surface area contributed by atoms with Gasteiger partial charge < -0.3 is 14.8 Å². The standard InChI is InChI=1S/C22H24F3NO4/c1-21(2,3)15-8-10-16(11-9-15)29-13-12-20(28)30-14-19(27)26-18-7-5-4-6-17(18)22(23,24)25/h4-11H,12-14H2,1-3H3,(H,26,27). The van der Waals surface area contributed by atoms with Crippen molar-refractivity contribution in [2.45, 2.75) is 38.8 Å². The topological polar surface area (TPSA) is 64.6 Å². The van der Waals surface area contributed by atoms with Crippen LogP contribution < -0.4 is 10.1 Å². The highest BCUT2D eigenvalue weighted by atomic mass is 19.4. The number of esters is 1. The molecule has 0 bridgehead atoms. The van der Waals surface area contributed by atoms with Crippen molar-refractivity contribution < 1.29 is 32.2 Å². The van der Waals surface area contributed by atoms with E-state index < -0.39 is 35.9 Å². The highest BCUT2D eigenvalue weighted by molar-refractivity contribution is 5.93. The molecule has 2 aromatic carbocycles. The van der Waals surface area contributed by atoms with Crippen molar-refractivity contribution in [2.24, 2.45) is 0 Å². The molecule has 1 amide bonds. The summed E-state index contributed by atoms with van der Waals surface area (Å²) in [7, 11) is 0. The number of ether oxygens (including phenoxy) is 2. The lowest BCUT2D eigenvalue weighted by Gasteiger charge is -2.19. The fourth-order valence-corrected chi connectivity index (χ4v) is 2.55. The molecule has 0 spiro atoms. The first-order chi connectivity index (χ1) is 14.0. The van der Waals surface area contributed by atoms with Gasteiger partial charge >= 0.3 is 12.1 Å². The normalized spacial score (nSPS) is 11.7. The van der Waals surface area contributed by atoms with Crippen LogP contribution in [-0.4, -0.2) is 25.1 Å². The number of carbonyl (C=O) groups excluding carboxylic acids is 2. The minimum absolute atomic E-state index is 0.0174. The summed E-state index contributed by atoms with van der Waals surface area (Å²) in [5.41, 5.74) is -0.209. The lowest BCUT2D eigenvalue weighted by atomic mass is 9.87. The van der Waals surface area contributed by atoms with E-state index in [0.717, 1.165) is 17.7 Å². The molecule has 1 N–H and O–H groups in total. The summed E-state index contributed by atoms with van der Waals surface area (Å²) < 4.78 is 49.0. The number of benzene rings is 2. The van der Waals surface area contributed by atoms with Crippen LogP contribution in [0.5, 0.6) is 5.75 Å². The zero-order chi connectivity index (χ0) is 22.4. The number of hydrogen-bond acceptors (Lipinski definition) is 4. The zero-order valence-corrected chi connectivity index (χ0v) is 17.0. The molecule has 0 atom stereocenters. The second-order valence-electron chi connectivity index (χ2n) is 7.63. The predicted octanol–water partition coefficient (Wildman–Crippen LogP) is 4.95. The van der Waals surface area contributed by atoms with Gasteiger partial charge in [-0.3, -0.25) is 9.59 Å². The van der Waals surface area contributed by atoms with E-state index in [1.54, 1.807) is 12.1 Å². The summed E-state index contributed by atoms with van der Waals surface area (Å²) in [5.74, 6) is -0.961. The quantitative estimate of drug-likeness (QED) is 0.640. The van der Waals surface area contributed by atoms with Gasteiger partial charge in [0.2, 0.25) is 0 Å². The average molecular weight is 423 g/mol. The molecule has 0 unspecified atom stereocenters. The van der Waals surface area contributed by atoms with E-state index in [1.165, 1.54) is 12.1 Å². The molecule has 2 aromatic rings. The van der Waals surface area contributed by atoms with Gasteiger partial charge in [0.15, 0.2) is 6.61 Å². The third kappa shape index (κ3) is 7.09. The van der Waals surface area contributed by atoms with E-state index in [0.29, 0.717) is 5.75 Å². The van der Waals surface area contributed by atoms with Crippen LogP contribution in [0.4, 0.5) is 18.9 Å². The van der Waals surface area contributed by atoms with Crippen molar-refractivity contribution in [3.63, 3.8) is 0 Å². The molecule has 8 heteroatoms. The van der Waals surface area contributed by atoms with Crippen LogP contribution in [-0.2, 0) is 25.9 Å². The van der Waals surface area contributed by atoms with Crippen LogP contribution in [0.2, 0.25) is 0 Å². The van der Waals surface area contributed by atoms with Crippen molar-refractivity contribution in [3.05, 3.63) is 59.7 Å². The van der Waals surface area contributed by atoms with Crippen molar-refractivity contribution in [1.29, 1.82) is 0 Å². The number of anilines is 1. The highest BCUT2D eigenvalue weighted by Crippen LogP contribution is 2.34. The molecule has 0 saturated heterocycles. The molecule has 2 rings (SSSR count). The first-order valence-electron chi connectivity index (χ1n) is 9.32. The molecule has 0 aliphatic rings. The van der Waals surface area contributed by atoms with Gasteiger partial charge in [0.25, 0.3) is 5.91 Å². The van der Waals surface area contributed by atoms with Gasteiger partial charge in [-0.05, 0) is 35.2 Å². The van der Waals surface area contributed by atoms with Gasteiger partial charge in [-0.25, -0.2) is 0 Å². The lowest BCUT2D eigenvalue weighted by Crippen LogP contribution is -2.23. The second kappa shape index (κ2) is 9.65. The summed E-state index contributed by atoms with van der Waals surface area (Å²) in [4.78, 5) is 23.6. The second-order valence-corrected chi connectivity index (χ2v) is 7.63. The molecular formula is C22H24F3NO4. The number of carbonyl (C=O) groups is 2. The molecule has 0 fully saturated rings. The third-order valence-corrected chi connectivity index (χ3v) is 4.17. The van der Waals surface area contributed by atoms with E-state index in [2.05, 4.69) is 26.1 Å². The Morgan fingerprint density at radius 3 is 2.20 bits per heavy atom. The Morgan fingerprint density at radius 1 is 0.967 bits per heavy atom. The summed E-state index contributed by atoms with van der Waals surface area (Å²) >= 11 is 0. The molecule has 0 radical (unpaired) electrons. The van der Waals surface area contributed by atoms with Crippen molar-refractivity contribution >= 4 is 17.6 Å². The number of nitrogens with one attached hydrogen (secondary N) is 1. The Morgan fingerprint density at radius 2 is 1.60 bits per heavy atom. The Balaban J connectivity index is 1.75. The highest BCUT2D eigenvalue weighted by Gasteiger charge is 2.33. The van der Waals surface area contributed by atoms with Crippen LogP contribution in [0, 0.1) is 0 Å². The van der Waals surface area contributed by atoms with Crippen LogP contribution in [0.25, 0.3) is 0 Å². The SMILES string of the molecule is CC(C)(C)c1ccc(OCCC(=O)OCC(=O)Nc2ccccc2C(F)(F)F)cc1. The molecular weight excluding hydrogens is 399 g/mol. The zero-order valence-electron chi connectivity index (χ0n) is 17.0. The van der Waals surface area contributed by atoms with E-state index in [1.807, 2.05) is 12.1 Å². The number of para-hydroxylation sites is 1. The molecule has 5 nitrogen and oxygen atoms in total. The largest absolute Gasteiger partial charge is 0.493 e. The van der Waals surface area contributed by atoms with Crippen LogP contribution in [0.15, 0.2) is 48.5 Å². The predicted molar refractivity (Wildman–Crippen MR) is 106 cm³/mol.